The van der Waals surface area contributed by atoms with E-state index in [0.717, 1.165) is 31.4 Å². The number of rotatable bonds is 11. The highest BCUT2D eigenvalue weighted by molar-refractivity contribution is 7.13. The number of nitrogens with one attached hydrogen (secondary N) is 2. The molecule has 2 heterocycles. The summed E-state index contributed by atoms with van der Waals surface area (Å²) in [5.41, 5.74) is -0.103. The molecular weight excluding hydrogens is 464 g/mol. The van der Waals surface area contributed by atoms with Gasteiger partial charge in [0.2, 0.25) is 11.8 Å². The third-order valence-corrected chi connectivity index (χ3v) is 7.59. The molecule has 1 aromatic rings. The Balaban J connectivity index is 1.58. The summed E-state index contributed by atoms with van der Waals surface area (Å²) >= 11 is 1.47. The molecule has 1 aliphatic heterocycles. The fourth-order valence-electron chi connectivity index (χ4n) is 4.50. The molecule has 8 nitrogen and oxygen atoms in total. The van der Waals surface area contributed by atoms with Gasteiger partial charge in [0, 0.05) is 23.3 Å². The first-order chi connectivity index (χ1) is 16.6. The highest BCUT2D eigenvalue weighted by Gasteiger charge is 2.61. The highest BCUT2D eigenvalue weighted by Crippen LogP contribution is 2.46. The maximum absolute atomic E-state index is 13.2. The predicted octanol–water partition coefficient (Wildman–Crippen LogP) is 4.03. The van der Waals surface area contributed by atoms with Gasteiger partial charge in [-0.15, -0.1) is 11.3 Å². The Morgan fingerprint density at radius 1 is 1.31 bits per heavy atom. The average Bonchev–Trinajstić information content (AvgIpc) is 3.18. The summed E-state index contributed by atoms with van der Waals surface area (Å²) in [6.07, 6.45) is 10.4. The molecule has 3 rings (SSSR count). The Labute approximate surface area is 212 Å². The minimum Gasteiger partial charge on any atom is -0.467 e. The third-order valence-electron chi connectivity index (χ3n) is 6.79. The number of hydrogen-bond donors (Lipinski definition) is 2. The normalized spacial score (nSPS) is 24.0. The number of esters is 1. The molecule has 0 bridgehead atoms. The second-order valence-electron chi connectivity index (χ2n) is 10.6. The van der Waals surface area contributed by atoms with Crippen LogP contribution in [0.15, 0.2) is 17.5 Å². The van der Waals surface area contributed by atoms with E-state index in [0.29, 0.717) is 24.5 Å². The number of ether oxygens (including phenoxy) is 1. The van der Waals surface area contributed by atoms with Gasteiger partial charge in [-0.05, 0) is 32.1 Å². The van der Waals surface area contributed by atoms with Gasteiger partial charge in [0.1, 0.15) is 11.6 Å². The molecule has 0 unspecified atom stereocenters. The number of carbonyl (C=O) groups excluding carboxylic acids is 3. The molecular formula is C26H40N4O4S. The summed E-state index contributed by atoms with van der Waals surface area (Å²) in [7, 11) is 1.34. The van der Waals surface area contributed by atoms with Crippen molar-refractivity contribution >= 4 is 34.3 Å². The molecule has 0 aromatic carbocycles. The predicted molar refractivity (Wildman–Crippen MR) is 138 cm³/mol. The van der Waals surface area contributed by atoms with E-state index in [1.807, 2.05) is 11.5 Å². The van der Waals surface area contributed by atoms with Crippen LogP contribution in [0.1, 0.15) is 78.3 Å². The van der Waals surface area contributed by atoms with Gasteiger partial charge in [-0.3, -0.25) is 9.59 Å². The first kappa shape index (κ1) is 27.2. The van der Waals surface area contributed by atoms with Gasteiger partial charge in [-0.25, -0.2) is 9.78 Å². The van der Waals surface area contributed by atoms with Crippen LogP contribution in [0.3, 0.4) is 0 Å². The van der Waals surface area contributed by atoms with Gasteiger partial charge in [0.05, 0.1) is 19.3 Å². The number of carbonyl (C=O) groups is 3. The summed E-state index contributed by atoms with van der Waals surface area (Å²) in [6, 6.07) is -0.581. The first-order valence-corrected chi connectivity index (χ1v) is 13.6. The van der Waals surface area contributed by atoms with Crippen LogP contribution in [0, 0.1) is 5.92 Å². The van der Waals surface area contributed by atoms with Crippen LogP contribution in [0.5, 0.6) is 0 Å². The zero-order valence-electron chi connectivity index (χ0n) is 21.7. The molecule has 2 amide bonds. The molecule has 194 valence electrons. The summed E-state index contributed by atoms with van der Waals surface area (Å²) in [4.78, 5) is 44.9. The van der Waals surface area contributed by atoms with Gasteiger partial charge in [-0.2, -0.15) is 0 Å². The van der Waals surface area contributed by atoms with Crippen molar-refractivity contribution in [1.29, 1.82) is 0 Å². The van der Waals surface area contributed by atoms with Crippen LogP contribution in [0.4, 0.5) is 5.13 Å². The molecule has 0 spiro atoms. The van der Waals surface area contributed by atoms with Gasteiger partial charge in [-0.1, -0.05) is 52.7 Å². The number of unbranched alkanes of at least 4 members (excludes halogenated alkanes) is 3. The maximum Gasteiger partial charge on any atom is 0.332 e. The first-order valence-electron chi connectivity index (χ1n) is 12.7. The molecule has 3 atom stereocenters. The van der Waals surface area contributed by atoms with Gasteiger partial charge < -0.3 is 20.3 Å². The van der Waals surface area contributed by atoms with E-state index in [1.54, 1.807) is 4.90 Å². The van der Waals surface area contributed by atoms with Gasteiger partial charge in [0.25, 0.3) is 0 Å². The number of methoxy groups -OCH3 is 1. The second kappa shape index (κ2) is 11.5. The van der Waals surface area contributed by atoms with Crippen molar-refractivity contribution in [3.05, 3.63) is 23.2 Å². The zero-order chi connectivity index (χ0) is 25.6. The molecule has 1 saturated heterocycles. The molecule has 1 aliphatic carbocycles. The Bertz CT molecular complexity index is 938. The maximum atomic E-state index is 13.2. The summed E-state index contributed by atoms with van der Waals surface area (Å²) in [6.45, 7) is 9.05. The molecule has 0 radical (unpaired) electrons. The number of nitrogens with zero attached hydrogens (tertiary/aromatic N) is 2. The monoisotopic (exact) mass is 504 g/mol. The van der Waals surface area contributed by atoms with Crippen molar-refractivity contribution in [1.82, 2.24) is 15.2 Å². The van der Waals surface area contributed by atoms with Crippen molar-refractivity contribution in [2.45, 2.75) is 89.6 Å². The Morgan fingerprint density at radius 2 is 2.09 bits per heavy atom. The number of hydrogen-bond acceptors (Lipinski definition) is 7. The van der Waals surface area contributed by atoms with E-state index in [2.05, 4.69) is 49.4 Å². The molecule has 35 heavy (non-hydrogen) atoms. The van der Waals surface area contributed by atoms with Crippen molar-refractivity contribution in [3.8, 4) is 0 Å². The van der Waals surface area contributed by atoms with E-state index in [1.165, 1.54) is 24.9 Å². The SMILES string of the molecule is CCCCC/C=C\[C@@H]1C[C@]1(NC(=O)[C@@H]1CCCN1C(=O)CNc1nc(C(C)(C)C)cs1)C(=O)OC. The zero-order valence-corrected chi connectivity index (χ0v) is 22.5. The minimum atomic E-state index is -1.02. The standard InChI is InChI=1S/C26H40N4O4S/c1-6-7-8-9-10-12-18-15-26(18,23(33)34-5)29-22(32)19-13-11-14-30(19)21(31)16-27-24-28-20(17-35-24)25(2,3)4/h10,12,17-19H,6-9,11,13-16H2,1-5H3,(H,27,28)(H,29,32)/b12-10-/t18-,19+,26-/m1/s1. The molecule has 1 aromatic heterocycles. The van der Waals surface area contributed by atoms with Crippen LogP contribution >= 0.6 is 11.3 Å². The Kier molecular flexibility index (Phi) is 8.96. The topological polar surface area (TPSA) is 101 Å². The smallest absolute Gasteiger partial charge is 0.332 e. The summed E-state index contributed by atoms with van der Waals surface area (Å²) < 4.78 is 5.02. The lowest BCUT2D eigenvalue weighted by Gasteiger charge is -2.26. The molecule has 2 N–H and O–H groups in total. The summed E-state index contributed by atoms with van der Waals surface area (Å²) in [5, 5.41) is 8.75. The van der Waals surface area contributed by atoms with Crippen LogP contribution < -0.4 is 10.6 Å². The van der Waals surface area contributed by atoms with Crippen molar-refractivity contribution in [2.24, 2.45) is 5.92 Å². The number of likely N-dealkylation sites (tertiary alicyclic amines) is 1. The van der Waals surface area contributed by atoms with E-state index < -0.39 is 17.6 Å². The Morgan fingerprint density at radius 3 is 2.74 bits per heavy atom. The van der Waals surface area contributed by atoms with Crippen molar-refractivity contribution < 1.29 is 19.1 Å². The Hall–Kier alpha value is -2.42. The molecule has 9 heteroatoms. The fourth-order valence-corrected chi connectivity index (χ4v) is 5.43. The lowest BCUT2D eigenvalue weighted by atomic mass is 9.93. The van der Waals surface area contributed by atoms with E-state index in [-0.39, 0.29) is 29.7 Å². The van der Waals surface area contributed by atoms with Crippen LogP contribution in [0.2, 0.25) is 0 Å². The van der Waals surface area contributed by atoms with Gasteiger partial charge >= 0.3 is 5.97 Å². The minimum absolute atomic E-state index is 0.0560. The fraction of sp³-hybridized carbons (Fsp3) is 0.692. The number of allylic oxidation sites excluding steroid dienone is 1. The van der Waals surface area contributed by atoms with Crippen LogP contribution in [-0.2, 0) is 24.5 Å². The molecule has 1 saturated carbocycles. The number of aromatic nitrogens is 1. The lowest BCUT2D eigenvalue weighted by molar-refractivity contribution is -0.147. The number of thiazole rings is 1. The van der Waals surface area contributed by atoms with Crippen LogP contribution in [0.25, 0.3) is 0 Å². The largest absolute Gasteiger partial charge is 0.467 e. The van der Waals surface area contributed by atoms with E-state index >= 15 is 0 Å². The second-order valence-corrected chi connectivity index (χ2v) is 11.4. The number of anilines is 1. The van der Waals surface area contributed by atoms with Crippen LogP contribution in [-0.4, -0.2) is 59.4 Å². The average molecular weight is 505 g/mol. The lowest BCUT2D eigenvalue weighted by Crippen LogP contribution is -2.53. The van der Waals surface area contributed by atoms with E-state index in [4.69, 9.17) is 4.74 Å². The van der Waals surface area contributed by atoms with E-state index in [9.17, 15) is 14.4 Å². The highest BCUT2D eigenvalue weighted by atomic mass is 32.1. The summed E-state index contributed by atoms with van der Waals surface area (Å²) in [5.74, 6) is -0.933. The van der Waals surface area contributed by atoms with Crippen molar-refractivity contribution in [2.75, 3.05) is 25.5 Å². The quantitative estimate of drug-likeness (QED) is 0.268. The van der Waals surface area contributed by atoms with Gasteiger partial charge in [0.15, 0.2) is 5.13 Å². The molecule has 2 fully saturated rings. The number of amides is 2. The third kappa shape index (κ3) is 6.63. The molecule has 2 aliphatic rings. The van der Waals surface area contributed by atoms with Crippen molar-refractivity contribution in [3.63, 3.8) is 0 Å².